The molecule has 0 radical (unpaired) electrons. The summed E-state index contributed by atoms with van der Waals surface area (Å²) in [7, 11) is 0. The van der Waals surface area contributed by atoms with E-state index in [4.69, 9.17) is 4.42 Å². The maximum absolute atomic E-state index is 5.74. The highest BCUT2D eigenvalue weighted by molar-refractivity contribution is 8.00. The number of hydrogen-bond donors (Lipinski definition) is 0. The summed E-state index contributed by atoms with van der Waals surface area (Å²) >= 11 is 3.31. The molecule has 1 aromatic carbocycles. The maximum atomic E-state index is 5.74. The molecule has 2 aromatic heterocycles. The van der Waals surface area contributed by atoms with Crippen LogP contribution in [0.2, 0.25) is 0 Å². The lowest BCUT2D eigenvalue weighted by Crippen LogP contribution is -1.79. The lowest BCUT2D eigenvalue weighted by atomic mass is 10.2. The van der Waals surface area contributed by atoms with Crippen LogP contribution in [0.5, 0.6) is 0 Å². The van der Waals surface area contributed by atoms with Crippen molar-refractivity contribution in [2.24, 2.45) is 0 Å². The van der Waals surface area contributed by atoms with Crippen LogP contribution in [-0.4, -0.2) is 9.97 Å². The van der Waals surface area contributed by atoms with Crippen LogP contribution in [0.3, 0.4) is 0 Å². The largest absolute Gasteiger partial charge is 0.440 e. The summed E-state index contributed by atoms with van der Waals surface area (Å²) in [6.07, 6.45) is 1.78. The standard InChI is InChI=1S/C14H12N2OS2/c1-10-8-18-14(16-10)19-9-13-15-7-12(17-13)11-5-3-2-4-6-11/h2-8H,9H2,1H3. The van der Waals surface area contributed by atoms with E-state index in [0.717, 1.165) is 27.2 Å². The Labute approximate surface area is 119 Å². The first-order chi connectivity index (χ1) is 9.31. The second-order valence-electron chi connectivity index (χ2n) is 4.03. The van der Waals surface area contributed by atoms with Crippen LogP contribution < -0.4 is 0 Å². The summed E-state index contributed by atoms with van der Waals surface area (Å²) in [5.74, 6) is 2.25. The predicted molar refractivity (Wildman–Crippen MR) is 78.4 cm³/mol. The van der Waals surface area contributed by atoms with Crippen molar-refractivity contribution in [3.63, 3.8) is 0 Å². The number of oxazole rings is 1. The van der Waals surface area contributed by atoms with Gasteiger partial charge in [0.1, 0.15) is 0 Å². The molecule has 0 aliphatic carbocycles. The van der Waals surface area contributed by atoms with Gasteiger partial charge in [-0.25, -0.2) is 9.97 Å². The number of thiazole rings is 1. The van der Waals surface area contributed by atoms with Crippen LogP contribution in [0.4, 0.5) is 0 Å². The number of thioether (sulfide) groups is 1. The monoisotopic (exact) mass is 288 g/mol. The van der Waals surface area contributed by atoms with Gasteiger partial charge in [-0.1, -0.05) is 42.1 Å². The van der Waals surface area contributed by atoms with Gasteiger partial charge in [0, 0.05) is 16.6 Å². The first-order valence-electron chi connectivity index (χ1n) is 5.86. The highest BCUT2D eigenvalue weighted by Crippen LogP contribution is 2.27. The van der Waals surface area contributed by atoms with Crippen molar-refractivity contribution in [3.8, 4) is 11.3 Å². The van der Waals surface area contributed by atoms with E-state index >= 15 is 0 Å². The van der Waals surface area contributed by atoms with Crippen molar-refractivity contribution in [3.05, 3.63) is 53.5 Å². The zero-order valence-corrected chi connectivity index (χ0v) is 12.0. The van der Waals surface area contributed by atoms with E-state index in [1.54, 1.807) is 29.3 Å². The van der Waals surface area contributed by atoms with Crippen molar-refractivity contribution in [1.29, 1.82) is 0 Å². The van der Waals surface area contributed by atoms with Crippen molar-refractivity contribution in [1.82, 2.24) is 9.97 Å². The molecule has 19 heavy (non-hydrogen) atoms. The number of aromatic nitrogens is 2. The van der Waals surface area contributed by atoms with Crippen LogP contribution in [0, 0.1) is 6.92 Å². The van der Waals surface area contributed by atoms with Gasteiger partial charge in [-0.2, -0.15) is 0 Å². The minimum absolute atomic E-state index is 0.708. The SMILES string of the molecule is Cc1csc(SCc2ncc(-c3ccccc3)o2)n1. The Bertz CT molecular complexity index is 661. The van der Waals surface area contributed by atoms with Gasteiger partial charge in [0.2, 0.25) is 5.89 Å². The molecule has 2 heterocycles. The summed E-state index contributed by atoms with van der Waals surface area (Å²) in [5, 5.41) is 2.05. The van der Waals surface area contributed by atoms with Crippen LogP contribution in [0.1, 0.15) is 11.6 Å². The minimum Gasteiger partial charge on any atom is -0.440 e. The van der Waals surface area contributed by atoms with Gasteiger partial charge in [-0.3, -0.25) is 0 Å². The number of benzene rings is 1. The third kappa shape index (κ3) is 3.05. The normalized spacial score (nSPS) is 10.8. The number of rotatable bonds is 4. The third-order valence-electron chi connectivity index (χ3n) is 2.53. The summed E-state index contributed by atoms with van der Waals surface area (Å²) in [4.78, 5) is 8.71. The molecule has 3 rings (SSSR count). The Hall–Kier alpha value is -1.59. The molecule has 0 saturated heterocycles. The molecule has 96 valence electrons. The van der Waals surface area contributed by atoms with Crippen molar-refractivity contribution in [2.45, 2.75) is 17.0 Å². The van der Waals surface area contributed by atoms with Crippen LogP contribution >= 0.6 is 23.1 Å². The van der Waals surface area contributed by atoms with Crippen LogP contribution in [-0.2, 0) is 5.75 Å². The third-order valence-corrected chi connectivity index (χ3v) is 4.65. The molecule has 3 nitrogen and oxygen atoms in total. The molecule has 5 heteroatoms. The Balaban J connectivity index is 1.68. The minimum atomic E-state index is 0.708. The molecule has 0 atom stereocenters. The van der Waals surface area contributed by atoms with E-state index in [0.29, 0.717) is 5.75 Å². The highest BCUT2D eigenvalue weighted by atomic mass is 32.2. The summed E-state index contributed by atoms with van der Waals surface area (Å²) in [6, 6.07) is 10.00. The Morgan fingerprint density at radius 1 is 1.26 bits per heavy atom. The summed E-state index contributed by atoms with van der Waals surface area (Å²) in [5.41, 5.74) is 2.11. The maximum Gasteiger partial charge on any atom is 0.205 e. The average molecular weight is 288 g/mol. The Kier molecular flexibility index (Phi) is 3.66. The topological polar surface area (TPSA) is 38.9 Å². The molecule has 0 spiro atoms. The van der Waals surface area contributed by atoms with E-state index in [1.165, 1.54) is 0 Å². The Morgan fingerprint density at radius 3 is 2.84 bits per heavy atom. The first-order valence-corrected chi connectivity index (χ1v) is 7.73. The molecular weight excluding hydrogens is 276 g/mol. The Morgan fingerprint density at radius 2 is 2.11 bits per heavy atom. The number of nitrogens with zero attached hydrogens (tertiary/aromatic N) is 2. The quantitative estimate of drug-likeness (QED) is 0.667. The van der Waals surface area contributed by atoms with E-state index in [1.807, 2.05) is 42.6 Å². The lowest BCUT2D eigenvalue weighted by Gasteiger charge is -1.95. The van der Waals surface area contributed by atoms with Gasteiger partial charge < -0.3 is 4.42 Å². The molecule has 0 unspecified atom stereocenters. The van der Waals surface area contributed by atoms with Gasteiger partial charge in [0.15, 0.2) is 10.1 Å². The lowest BCUT2D eigenvalue weighted by molar-refractivity contribution is 0.530. The molecule has 3 aromatic rings. The van der Waals surface area contributed by atoms with E-state index in [-0.39, 0.29) is 0 Å². The van der Waals surface area contributed by atoms with E-state index in [2.05, 4.69) is 9.97 Å². The van der Waals surface area contributed by atoms with Crippen molar-refractivity contribution < 1.29 is 4.42 Å². The molecular formula is C14H12N2OS2. The second-order valence-corrected chi connectivity index (χ2v) is 6.11. The number of hydrogen-bond acceptors (Lipinski definition) is 5. The van der Waals surface area contributed by atoms with Crippen LogP contribution in [0.25, 0.3) is 11.3 Å². The van der Waals surface area contributed by atoms with Gasteiger partial charge in [-0.05, 0) is 6.92 Å². The van der Waals surface area contributed by atoms with Crippen LogP contribution in [0.15, 0.2) is 50.7 Å². The van der Waals surface area contributed by atoms with Gasteiger partial charge in [0.05, 0.1) is 11.9 Å². The van der Waals surface area contributed by atoms with E-state index < -0.39 is 0 Å². The fourth-order valence-corrected chi connectivity index (χ4v) is 3.34. The van der Waals surface area contributed by atoms with Gasteiger partial charge in [-0.15, -0.1) is 11.3 Å². The fraction of sp³-hybridized carbons (Fsp3) is 0.143. The second kappa shape index (κ2) is 5.59. The molecule has 0 amide bonds. The average Bonchev–Trinajstić information content (AvgIpc) is 3.06. The van der Waals surface area contributed by atoms with E-state index in [9.17, 15) is 0 Å². The fourth-order valence-electron chi connectivity index (χ4n) is 1.64. The molecule has 0 aliphatic heterocycles. The zero-order valence-electron chi connectivity index (χ0n) is 10.4. The smallest absolute Gasteiger partial charge is 0.205 e. The van der Waals surface area contributed by atoms with Gasteiger partial charge in [0.25, 0.3) is 0 Å². The molecule has 0 saturated carbocycles. The molecule has 0 fully saturated rings. The first kappa shape index (κ1) is 12.4. The molecule has 0 aliphatic rings. The summed E-state index contributed by atoms with van der Waals surface area (Å²) in [6.45, 7) is 2.00. The summed E-state index contributed by atoms with van der Waals surface area (Å²) < 4.78 is 6.80. The van der Waals surface area contributed by atoms with Crippen molar-refractivity contribution in [2.75, 3.05) is 0 Å². The highest BCUT2D eigenvalue weighted by Gasteiger charge is 2.07. The predicted octanol–water partition coefficient (Wildman–Crippen LogP) is 4.40. The molecule has 0 N–H and O–H groups in total. The molecule has 0 bridgehead atoms. The van der Waals surface area contributed by atoms with Gasteiger partial charge >= 0.3 is 0 Å². The zero-order chi connectivity index (χ0) is 13.1. The van der Waals surface area contributed by atoms with Crippen molar-refractivity contribution >= 4 is 23.1 Å². The number of aryl methyl sites for hydroxylation is 1.